The van der Waals surface area contributed by atoms with Crippen molar-refractivity contribution < 1.29 is 32.2 Å². The lowest BCUT2D eigenvalue weighted by atomic mass is 9.74. The normalized spacial score (nSPS) is 18.8. The van der Waals surface area contributed by atoms with Crippen LogP contribution in [0.15, 0.2) is 36.4 Å². The van der Waals surface area contributed by atoms with Gasteiger partial charge < -0.3 is 9.47 Å². The molecule has 184 valence electrons. The van der Waals surface area contributed by atoms with Crippen molar-refractivity contribution in [2.45, 2.75) is 50.7 Å². The summed E-state index contributed by atoms with van der Waals surface area (Å²) in [6.07, 6.45) is -4.59. The SMILES string of the molecule is CCOC(=O)N1c2ccc(C(F)(F)F)cc2[C@H]([C@@H](C(=O)OC)c2cc(Cl)cc(Cl)c2)C[C@H]1CC. The summed E-state index contributed by atoms with van der Waals surface area (Å²) in [7, 11) is 1.21. The van der Waals surface area contributed by atoms with E-state index in [-0.39, 0.29) is 34.3 Å². The first-order chi connectivity index (χ1) is 16.0. The highest BCUT2D eigenvalue weighted by Gasteiger charge is 2.44. The largest absolute Gasteiger partial charge is 0.469 e. The van der Waals surface area contributed by atoms with Crippen molar-refractivity contribution >= 4 is 41.0 Å². The average Bonchev–Trinajstić information content (AvgIpc) is 2.77. The summed E-state index contributed by atoms with van der Waals surface area (Å²) in [6, 6.07) is 7.32. The molecule has 0 N–H and O–H groups in total. The maximum Gasteiger partial charge on any atom is 0.416 e. The Balaban J connectivity index is 2.27. The zero-order chi connectivity index (χ0) is 25.2. The lowest BCUT2D eigenvalue weighted by molar-refractivity contribution is -0.143. The van der Waals surface area contributed by atoms with Crippen molar-refractivity contribution in [3.8, 4) is 0 Å². The van der Waals surface area contributed by atoms with Gasteiger partial charge in [-0.1, -0.05) is 30.1 Å². The fourth-order valence-electron chi connectivity index (χ4n) is 4.49. The molecule has 0 aliphatic carbocycles. The Hall–Kier alpha value is -2.45. The van der Waals surface area contributed by atoms with Crippen molar-refractivity contribution in [3.05, 3.63) is 63.1 Å². The fraction of sp³-hybridized carbons (Fsp3) is 0.417. The van der Waals surface area contributed by atoms with Crippen LogP contribution in [0.4, 0.5) is 23.7 Å². The average molecular weight is 518 g/mol. The number of nitrogens with zero attached hydrogens (tertiary/aromatic N) is 1. The molecule has 0 bridgehead atoms. The van der Waals surface area contributed by atoms with Gasteiger partial charge in [-0.15, -0.1) is 0 Å². The van der Waals surface area contributed by atoms with Crippen LogP contribution in [0, 0.1) is 0 Å². The van der Waals surface area contributed by atoms with Gasteiger partial charge in [-0.25, -0.2) is 4.79 Å². The number of rotatable bonds is 5. The molecule has 3 atom stereocenters. The Morgan fingerprint density at radius 3 is 2.29 bits per heavy atom. The van der Waals surface area contributed by atoms with Crippen LogP contribution in [0.1, 0.15) is 55.2 Å². The molecule has 0 saturated heterocycles. The van der Waals surface area contributed by atoms with Gasteiger partial charge in [-0.3, -0.25) is 9.69 Å². The van der Waals surface area contributed by atoms with Crippen molar-refractivity contribution in [3.63, 3.8) is 0 Å². The third kappa shape index (κ3) is 5.28. The highest BCUT2D eigenvalue weighted by atomic mass is 35.5. The first-order valence-corrected chi connectivity index (χ1v) is 11.5. The number of hydrogen-bond donors (Lipinski definition) is 0. The van der Waals surface area contributed by atoms with E-state index in [1.54, 1.807) is 19.1 Å². The van der Waals surface area contributed by atoms with Crippen LogP contribution >= 0.6 is 23.2 Å². The summed E-state index contributed by atoms with van der Waals surface area (Å²) in [5, 5.41) is 0.549. The van der Waals surface area contributed by atoms with Crippen molar-refractivity contribution in [1.29, 1.82) is 0 Å². The van der Waals surface area contributed by atoms with E-state index in [2.05, 4.69) is 0 Å². The number of carbonyl (C=O) groups is 2. The number of halogens is 5. The molecule has 0 fully saturated rings. The van der Waals surface area contributed by atoms with E-state index in [4.69, 9.17) is 32.7 Å². The number of fused-ring (bicyclic) bond motifs is 1. The van der Waals surface area contributed by atoms with Crippen molar-refractivity contribution in [2.75, 3.05) is 18.6 Å². The van der Waals surface area contributed by atoms with Gasteiger partial charge in [-0.2, -0.15) is 13.2 Å². The predicted octanol–water partition coefficient (Wildman–Crippen LogP) is 7.20. The van der Waals surface area contributed by atoms with Crippen LogP contribution in [0.5, 0.6) is 0 Å². The standard InChI is InChI=1S/C24H24Cl2F3NO4/c1-4-17-12-19(21(22(31)33-3)13-8-15(25)11-16(26)9-13)18-10-14(24(27,28)29)6-7-20(18)30(17)23(32)34-5-2/h6-11,17,19,21H,4-5,12H2,1-3H3/t17-,19-,21+/m1/s1. The zero-order valence-electron chi connectivity index (χ0n) is 18.8. The molecule has 0 saturated carbocycles. The van der Waals surface area contributed by atoms with E-state index in [0.29, 0.717) is 12.0 Å². The third-order valence-electron chi connectivity index (χ3n) is 5.94. The molecular formula is C24H24Cl2F3NO4. The van der Waals surface area contributed by atoms with Crippen LogP contribution < -0.4 is 4.90 Å². The molecule has 10 heteroatoms. The predicted molar refractivity (Wildman–Crippen MR) is 124 cm³/mol. The highest BCUT2D eigenvalue weighted by molar-refractivity contribution is 6.34. The van der Waals surface area contributed by atoms with Crippen LogP contribution in [0.3, 0.4) is 0 Å². The number of benzene rings is 2. The minimum absolute atomic E-state index is 0.108. The number of esters is 1. The minimum Gasteiger partial charge on any atom is -0.469 e. The summed E-state index contributed by atoms with van der Waals surface area (Å²) < 4.78 is 51.1. The smallest absolute Gasteiger partial charge is 0.416 e. The summed E-state index contributed by atoms with van der Waals surface area (Å²) in [6.45, 7) is 3.61. The van der Waals surface area contributed by atoms with Gasteiger partial charge in [0.2, 0.25) is 0 Å². The van der Waals surface area contributed by atoms with Crippen molar-refractivity contribution in [1.82, 2.24) is 0 Å². The molecule has 3 rings (SSSR count). The molecule has 0 radical (unpaired) electrons. The van der Waals surface area contributed by atoms with Gasteiger partial charge in [0.1, 0.15) is 0 Å². The minimum atomic E-state index is -4.62. The fourth-order valence-corrected chi connectivity index (χ4v) is 5.03. The number of anilines is 1. The number of ether oxygens (including phenoxy) is 2. The van der Waals surface area contributed by atoms with Crippen LogP contribution in [-0.2, 0) is 20.4 Å². The molecule has 1 aliphatic rings. The Morgan fingerprint density at radius 2 is 1.76 bits per heavy atom. The number of alkyl halides is 3. The second-order valence-corrected chi connectivity index (χ2v) is 8.82. The number of carbonyl (C=O) groups excluding carboxylic acids is 2. The number of hydrogen-bond acceptors (Lipinski definition) is 4. The monoisotopic (exact) mass is 517 g/mol. The van der Waals surface area contributed by atoms with Gasteiger partial charge >= 0.3 is 18.2 Å². The van der Waals surface area contributed by atoms with Crippen LogP contribution in [0.25, 0.3) is 0 Å². The molecule has 1 heterocycles. The summed E-state index contributed by atoms with van der Waals surface area (Å²) >= 11 is 12.3. The molecule has 1 amide bonds. The van der Waals surface area contributed by atoms with Gasteiger partial charge in [0.05, 0.1) is 30.9 Å². The summed E-state index contributed by atoms with van der Waals surface area (Å²) in [4.78, 5) is 27.2. The molecular weight excluding hydrogens is 494 g/mol. The maximum atomic E-state index is 13.6. The van der Waals surface area contributed by atoms with E-state index >= 15 is 0 Å². The molecule has 34 heavy (non-hydrogen) atoms. The second-order valence-electron chi connectivity index (χ2n) is 7.95. The van der Waals surface area contributed by atoms with E-state index in [9.17, 15) is 22.8 Å². The Labute approximate surface area is 205 Å². The lowest BCUT2D eigenvalue weighted by Gasteiger charge is -2.42. The molecule has 1 aliphatic heterocycles. The maximum absolute atomic E-state index is 13.6. The number of amides is 1. The second kappa shape index (κ2) is 10.4. The molecule has 0 spiro atoms. The quantitative estimate of drug-likeness (QED) is 0.393. The van der Waals surface area contributed by atoms with Gasteiger partial charge in [0, 0.05) is 22.0 Å². The summed E-state index contributed by atoms with van der Waals surface area (Å²) in [5.74, 6) is -2.39. The highest BCUT2D eigenvalue weighted by Crippen LogP contribution is 2.49. The van der Waals surface area contributed by atoms with Crippen molar-refractivity contribution in [2.24, 2.45) is 0 Å². The van der Waals surface area contributed by atoms with Gasteiger partial charge in [0.15, 0.2) is 0 Å². The molecule has 0 unspecified atom stereocenters. The lowest BCUT2D eigenvalue weighted by Crippen LogP contribution is -2.46. The van der Waals surface area contributed by atoms with Gasteiger partial charge in [-0.05, 0) is 67.3 Å². The van der Waals surface area contributed by atoms with Gasteiger partial charge in [0.25, 0.3) is 0 Å². The van der Waals surface area contributed by atoms with E-state index in [1.165, 1.54) is 24.1 Å². The first-order valence-electron chi connectivity index (χ1n) is 10.7. The molecule has 2 aromatic carbocycles. The summed E-state index contributed by atoms with van der Waals surface area (Å²) in [5.41, 5.74) is -0.0180. The molecule has 5 nitrogen and oxygen atoms in total. The first kappa shape index (κ1) is 26.2. The van der Waals surface area contributed by atoms with E-state index in [1.807, 2.05) is 6.92 Å². The number of methoxy groups -OCH3 is 1. The third-order valence-corrected chi connectivity index (χ3v) is 6.38. The Kier molecular flexibility index (Phi) is 8.03. The topological polar surface area (TPSA) is 55.8 Å². The Morgan fingerprint density at radius 1 is 1.12 bits per heavy atom. The van der Waals surface area contributed by atoms with Crippen LogP contribution in [-0.4, -0.2) is 31.8 Å². The Bertz CT molecular complexity index is 1060. The van der Waals surface area contributed by atoms with Crippen LogP contribution in [0.2, 0.25) is 10.0 Å². The zero-order valence-corrected chi connectivity index (χ0v) is 20.3. The molecule has 2 aromatic rings. The van der Waals surface area contributed by atoms with E-state index in [0.717, 1.165) is 12.1 Å². The molecule has 0 aromatic heterocycles. The van der Waals surface area contributed by atoms with E-state index < -0.39 is 41.7 Å².